The fourth-order valence-corrected chi connectivity index (χ4v) is 0.498. The Bertz CT molecular complexity index is 105. The van der Waals surface area contributed by atoms with Crippen molar-refractivity contribution in [2.75, 3.05) is 13.7 Å². The molecule has 0 heterocycles. The van der Waals surface area contributed by atoms with Crippen LogP contribution in [0.4, 0.5) is 0 Å². The van der Waals surface area contributed by atoms with Crippen LogP contribution in [-0.4, -0.2) is 19.8 Å². The number of nitrogens with zero attached hydrogens (tertiary/aromatic N) is 3. The van der Waals surface area contributed by atoms with Crippen molar-refractivity contribution in [2.24, 2.45) is 5.11 Å². The molecule has 0 rings (SSSR count). The van der Waals surface area contributed by atoms with Crippen LogP contribution in [0.5, 0.6) is 0 Å². The van der Waals surface area contributed by atoms with E-state index in [9.17, 15) is 0 Å². The molecule has 0 saturated heterocycles. The summed E-state index contributed by atoms with van der Waals surface area (Å²) >= 11 is 0. The van der Waals surface area contributed by atoms with E-state index in [4.69, 9.17) is 10.3 Å². The molecule has 9 heavy (non-hydrogen) atoms. The van der Waals surface area contributed by atoms with Gasteiger partial charge in [-0.2, -0.15) is 0 Å². The van der Waals surface area contributed by atoms with Crippen LogP contribution in [0.2, 0.25) is 0 Å². The van der Waals surface area contributed by atoms with Gasteiger partial charge in [0.15, 0.2) is 0 Å². The molecule has 0 radical (unpaired) electrons. The minimum Gasteiger partial charge on any atom is -0.381 e. The van der Waals surface area contributed by atoms with Crippen LogP contribution in [0, 0.1) is 0 Å². The largest absolute Gasteiger partial charge is 0.381 e. The Hall–Kier alpha value is -0.730. The van der Waals surface area contributed by atoms with Crippen molar-refractivity contribution in [1.82, 2.24) is 0 Å². The summed E-state index contributed by atoms with van der Waals surface area (Å²) in [5.74, 6) is 0. The maximum atomic E-state index is 7.91. The summed E-state index contributed by atoms with van der Waals surface area (Å²) in [6, 6.07) is 0. The normalized spacial score (nSPS) is 12.2. The number of hydrogen-bond donors (Lipinski definition) is 0. The molecular formula is C5H11N3O. The van der Waals surface area contributed by atoms with E-state index in [0.29, 0.717) is 6.54 Å². The third-order valence-corrected chi connectivity index (χ3v) is 1.14. The van der Waals surface area contributed by atoms with Gasteiger partial charge >= 0.3 is 0 Å². The van der Waals surface area contributed by atoms with Crippen molar-refractivity contribution in [1.29, 1.82) is 0 Å². The number of hydrogen-bond acceptors (Lipinski definition) is 2. The Morgan fingerprint density at radius 3 is 2.78 bits per heavy atom. The van der Waals surface area contributed by atoms with E-state index in [-0.39, 0.29) is 6.10 Å². The highest BCUT2D eigenvalue weighted by Gasteiger charge is 1.99. The number of methoxy groups -OCH3 is 1. The Kier molecular flexibility index (Phi) is 4.97. The molecular weight excluding hydrogens is 118 g/mol. The lowest BCUT2D eigenvalue weighted by molar-refractivity contribution is 0.106. The van der Waals surface area contributed by atoms with Gasteiger partial charge in [-0.25, -0.2) is 0 Å². The second-order valence-corrected chi connectivity index (χ2v) is 1.68. The van der Waals surface area contributed by atoms with Crippen LogP contribution in [0.3, 0.4) is 0 Å². The molecule has 0 spiro atoms. The molecule has 0 N–H and O–H groups in total. The molecule has 0 fully saturated rings. The maximum Gasteiger partial charge on any atom is 0.0625 e. The summed E-state index contributed by atoms with van der Waals surface area (Å²) in [7, 11) is 1.61. The van der Waals surface area contributed by atoms with Gasteiger partial charge in [-0.05, 0) is 12.0 Å². The molecule has 52 valence electrons. The summed E-state index contributed by atoms with van der Waals surface area (Å²) in [5, 5.41) is 3.37. The highest BCUT2D eigenvalue weighted by atomic mass is 16.5. The van der Waals surface area contributed by atoms with Crippen LogP contribution in [0.25, 0.3) is 10.4 Å². The average Bonchev–Trinajstić information content (AvgIpc) is 1.91. The van der Waals surface area contributed by atoms with E-state index < -0.39 is 0 Å². The summed E-state index contributed by atoms with van der Waals surface area (Å²) < 4.78 is 4.94. The molecule has 0 amide bonds. The molecule has 0 aliphatic heterocycles. The smallest absolute Gasteiger partial charge is 0.0625 e. The van der Waals surface area contributed by atoms with Gasteiger partial charge < -0.3 is 4.74 Å². The molecule has 0 aromatic heterocycles. The van der Waals surface area contributed by atoms with Crippen molar-refractivity contribution < 1.29 is 4.74 Å². The fourth-order valence-electron chi connectivity index (χ4n) is 0.498. The summed E-state index contributed by atoms with van der Waals surface area (Å²) in [4.78, 5) is 2.62. The van der Waals surface area contributed by atoms with Crippen molar-refractivity contribution in [3.63, 3.8) is 0 Å². The first-order chi connectivity index (χ1) is 4.35. The summed E-state index contributed by atoms with van der Waals surface area (Å²) in [5.41, 5.74) is 7.91. The van der Waals surface area contributed by atoms with Gasteiger partial charge in [-0.15, -0.1) is 0 Å². The van der Waals surface area contributed by atoms with Crippen LogP contribution < -0.4 is 0 Å². The van der Waals surface area contributed by atoms with Crippen molar-refractivity contribution >= 4 is 0 Å². The molecule has 0 aliphatic rings. The van der Waals surface area contributed by atoms with Crippen molar-refractivity contribution in [2.45, 2.75) is 19.4 Å². The highest BCUT2D eigenvalue weighted by molar-refractivity contribution is 4.57. The highest BCUT2D eigenvalue weighted by Crippen LogP contribution is 1.95. The Balaban J connectivity index is 3.42. The van der Waals surface area contributed by atoms with Crippen LogP contribution in [-0.2, 0) is 4.74 Å². The molecule has 0 aliphatic carbocycles. The van der Waals surface area contributed by atoms with E-state index in [2.05, 4.69) is 10.0 Å². The standard InChI is InChI=1S/C5H11N3O/c1-3-5(9-2)4-7-8-6/h5H,3-4H2,1-2H3/t5-/m0/s1. The van der Waals surface area contributed by atoms with Crippen molar-refractivity contribution in [3.8, 4) is 0 Å². The Morgan fingerprint density at radius 2 is 2.44 bits per heavy atom. The van der Waals surface area contributed by atoms with E-state index in [1.165, 1.54) is 0 Å². The van der Waals surface area contributed by atoms with Crippen LogP contribution in [0.15, 0.2) is 5.11 Å². The van der Waals surface area contributed by atoms with E-state index in [1.807, 2.05) is 6.92 Å². The first-order valence-electron chi connectivity index (χ1n) is 2.88. The zero-order chi connectivity index (χ0) is 7.11. The predicted molar refractivity (Wildman–Crippen MR) is 35.1 cm³/mol. The van der Waals surface area contributed by atoms with Crippen LogP contribution in [0.1, 0.15) is 13.3 Å². The summed E-state index contributed by atoms with van der Waals surface area (Å²) in [6.45, 7) is 2.42. The predicted octanol–water partition coefficient (Wildman–Crippen LogP) is 1.72. The molecule has 0 aromatic carbocycles. The van der Waals surface area contributed by atoms with E-state index >= 15 is 0 Å². The third kappa shape index (κ3) is 3.82. The van der Waals surface area contributed by atoms with Gasteiger partial charge in [-0.1, -0.05) is 12.0 Å². The van der Waals surface area contributed by atoms with Gasteiger partial charge in [0.25, 0.3) is 0 Å². The fraction of sp³-hybridized carbons (Fsp3) is 1.00. The topological polar surface area (TPSA) is 58.0 Å². The monoisotopic (exact) mass is 129 g/mol. The lowest BCUT2D eigenvalue weighted by Crippen LogP contribution is -2.11. The first kappa shape index (κ1) is 8.27. The minimum atomic E-state index is 0.0842. The second kappa shape index (κ2) is 5.41. The molecule has 1 atom stereocenters. The lowest BCUT2D eigenvalue weighted by Gasteiger charge is -2.07. The zero-order valence-electron chi connectivity index (χ0n) is 5.74. The van der Waals surface area contributed by atoms with Gasteiger partial charge in [-0.3, -0.25) is 0 Å². The second-order valence-electron chi connectivity index (χ2n) is 1.68. The number of rotatable bonds is 4. The quantitative estimate of drug-likeness (QED) is 0.324. The third-order valence-electron chi connectivity index (χ3n) is 1.14. The molecule has 0 aromatic rings. The van der Waals surface area contributed by atoms with Gasteiger partial charge in [0.1, 0.15) is 0 Å². The molecule has 4 heteroatoms. The first-order valence-corrected chi connectivity index (χ1v) is 2.88. The van der Waals surface area contributed by atoms with Gasteiger partial charge in [0.2, 0.25) is 0 Å². The lowest BCUT2D eigenvalue weighted by atomic mass is 10.3. The molecule has 0 bridgehead atoms. The average molecular weight is 129 g/mol. The number of azide groups is 1. The maximum absolute atomic E-state index is 7.91. The zero-order valence-corrected chi connectivity index (χ0v) is 5.74. The van der Waals surface area contributed by atoms with Crippen LogP contribution >= 0.6 is 0 Å². The number of ether oxygens (including phenoxy) is 1. The molecule has 4 nitrogen and oxygen atoms in total. The summed E-state index contributed by atoms with van der Waals surface area (Å²) in [6.07, 6.45) is 0.969. The Morgan fingerprint density at radius 1 is 1.78 bits per heavy atom. The van der Waals surface area contributed by atoms with E-state index in [0.717, 1.165) is 6.42 Å². The SMILES string of the molecule is CC[C@@H](CN=[N+]=[N-])OC. The van der Waals surface area contributed by atoms with Gasteiger partial charge in [0, 0.05) is 12.0 Å². The van der Waals surface area contributed by atoms with Crippen molar-refractivity contribution in [3.05, 3.63) is 10.4 Å². The Labute approximate surface area is 54.4 Å². The van der Waals surface area contributed by atoms with E-state index in [1.54, 1.807) is 7.11 Å². The van der Waals surface area contributed by atoms with Gasteiger partial charge in [0.05, 0.1) is 12.6 Å². The molecule has 0 unspecified atom stereocenters. The minimum absolute atomic E-state index is 0.0842. The molecule has 0 saturated carbocycles.